The van der Waals surface area contributed by atoms with Gasteiger partial charge in [-0.1, -0.05) is 13.0 Å². The third-order valence-electron chi connectivity index (χ3n) is 3.89. The van der Waals surface area contributed by atoms with Gasteiger partial charge in [-0.3, -0.25) is 4.79 Å². The molecule has 1 aromatic rings. The number of nitrogens with one attached hydrogen (secondary N) is 1. The van der Waals surface area contributed by atoms with Crippen LogP contribution in [0.15, 0.2) is 24.3 Å². The van der Waals surface area contributed by atoms with Gasteiger partial charge in [0.05, 0.1) is 0 Å². The Morgan fingerprint density at radius 2 is 2.00 bits per heavy atom. The van der Waals surface area contributed by atoms with Crippen LogP contribution in [-0.2, 0) is 4.79 Å². The van der Waals surface area contributed by atoms with Crippen LogP contribution in [0.25, 0.3) is 0 Å². The summed E-state index contributed by atoms with van der Waals surface area (Å²) >= 11 is 0. The molecule has 1 fully saturated rings. The van der Waals surface area contributed by atoms with Gasteiger partial charge in [-0.2, -0.15) is 0 Å². The summed E-state index contributed by atoms with van der Waals surface area (Å²) in [6.07, 6.45) is 3.71. The summed E-state index contributed by atoms with van der Waals surface area (Å²) in [6, 6.07) is 8.13. The number of halogens is 2. The van der Waals surface area contributed by atoms with Crippen LogP contribution < -0.4 is 16.0 Å². The number of nitrogens with two attached hydrogens (primary N) is 1. The van der Waals surface area contributed by atoms with E-state index < -0.39 is 0 Å². The van der Waals surface area contributed by atoms with Crippen LogP contribution in [0.5, 0.6) is 0 Å². The Labute approximate surface area is 145 Å². The van der Waals surface area contributed by atoms with Crippen LogP contribution in [0, 0.1) is 5.92 Å². The molecule has 1 aliphatic heterocycles. The summed E-state index contributed by atoms with van der Waals surface area (Å²) in [6.45, 7) is 5.07. The molecular weight excluding hydrogens is 321 g/mol. The lowest BCUT2D eigenvalue weighted by molar-refractivity contribution is -0.116. The van der Waals surface area contributed by atoms with Crippen molar-refractivity contribution in [3.05, 3.63) is 24.3 Å². The molecule has 22 heavy (non-hydrogen) atoms. The molecule has 2 rings (SSSR count). The second-order valence-electron chi connectivity index (χ2n) is 5.66. The number of hydrogen-bond donors (Lipinski definition) is 2. The Bertz CT molecular complexity index is 449. The van der Waals surface area contributed by atoms with E-state index in [0.29, 0.717) is 13.0 Å². The number of nitrogens with zero attached hydrogens (tertiary/aromatic N) is 1. The van der Waals surface area contributed by atoms with Crippen molar-refractivity contribution >= 4 is 42.1 Å². The van der Waals surface area contributed by atoms with E-state index in [-0.39, 0.29) is 30.7 Å². The van der Waals surface area contributed by atoms with Gasteiger partial charge in [-0.15, -0.1) is 24.8 Å². The Morgan fingerprint density at radius 3 is 2.64 bits per heavy atom. The van der Waals surface area contributed by atoms with Gasteiger partial charge in [0.1, 0.15) is 0 Å². The summed E-state index contributed by atoms with van der Waals surface area (Å²) < 4.78 is 0. The third kappa shape index (κ3) is 6.42. The molecule has 4 nitrogen and oxygen atoms in total. The summed E-state index contributed by atoms with van der Waals surface area (Å²) in [5.74, 6) is 0.866. The van der Waals surface area contributed by atoms with Gasteiger partial charge in [-0.05, 0) is 49.9 Å². The highest BCUT2D eigenvalue weighted by Gasteiger charge is 2.16. The molecule has 1 heterocycles. The molecule has 1 aliphatic rings. The number of carbonyl (C=O) groups is 1. The first kappa shape index (κ1) is 21.0. The van der Waals surface area contributed by atoms with E-state index >= 15 is 0 Å². The number of rotatable bonds is 5. The smallest absolute Gasteiger partial charge is 0.224 e. The van der Waals surface area contributed by atoms with Gasteiger partial charge < -0.3 is 16.0 Å². The fourth-order valence-electron chi connectivity index (χ4n) is 2.53. The minimum atomic E-state index is 0. The molecule has 126 valence electrons. The van der Waals surface area contributed by atoms with Crippen molar-refractivity contribution in [1.82, 2.24) is 0 Å². The molecule has 1 amide bonds. The highest BCUT2D eigenvalue weighted by molar-refractivity contribution is 5.91. The van der Waals surface area contributed by atoms with Crippen LogP contribution in [0.4, 0.5) is 11.4 Å². The number of piperidine rings is 1. The fraction of sp³-hybridized carbons (Fsp3) is 0.562. The van der Waals surface area contributed by atoms with Gasteiger partial charge in [0.2, 0.25) is 5.91 Å². The number of amides is 1. The molecule has 1 aromatic carbocycles. The SMILES string of the molecule is CC1CCN(c2cccc(NC(=O)CCCN)c2)CC1.Cl.Cl. The lowest BCUT2D eigenvalue weighted by Crippen LogP contribution is -2.32. The number of benzene rings is 1. The zero-order valence-corrected chi connectivity index (χ0v) is 14.7. The monoisotopic (exact) mass is 347 g/mol. The van der Waals surface area contributed by atoms with E-state index in [4.69, 9.17) is 5.73 Å². The quantitative estimate of drug-likeness (QED) is 0.857. The predicted molar refractivity (Wildman–Crippen MR) is 98.5 cm³/mol. The molecule has 0 bridgehead atoms. The summed E-state index contributed by atoms with van der Waals surface area (Å²) in [5.41, 5.74) is 7.50. The molecule has 0 aromatic heterocycles. The average Bonchev–Trinajstić information content (AvgIpc) is 2.46. The zero-order chi connectivity index (χ0) is 14.4. The minimum Gasteiger partial charge on any atom is -0.371 e. The van der Waals surface area contributed by atoms with Crippen molar-refractivity contribution in [1.29, 1.82) is 0 Å². The summed E-state index contributed by atoms with van der Waals surface area (Å²) in [7, 11) is 0. The Morgan fingerprint density at radius 1 is 1.32 bits per heavy atom. The molecule has 0 radical (unpaired) electrons. The Balaban J connectivity index is 0.00000220. The van der Waals surface area contributed by atoms with Crippen LogP contribution in [0.3, 0.4) is 0 Å². The second-order valence-corrected chi connectivity index (χ2v) is 5.66. The number of carbonyl (C=O) groups excluding carboxylic acids is 1. The maximum absolute atomic E-state index is 11.7. The van der Waals surface area contributed by atoms with E-state index in [1.165, 1.54) is 18.5 Å². The lowest BCUT2D eigenvalue weighted by Gasteiger charge is -2.32. The number of hydrogen-bond acceptors (Lipinski definition) is 3. The molecule has 0 unspecified atom stereocenters. The molecular formula is C16H27Cl2N3O. The van der Waals surface area contributed by atoms with Crippen molar-refractivity contribution in [2.45, 2.75) is 32.6 Å². The predicted octanol–water partition coefficient (Wildman–Crippen LogP) is 3.44. The van der Waals surface area contributed by atoms with Gasteiger partial charge in [0, 0.05) is 30.9 Å². The maximum atomic E-state index is 11.7. The molecule has 0 aliphatic carbocycles. The molecule has 6 heteroatoms. The normalized spacial score (nSPS) is 14.7. The highest BCUT2D eigenvalue weighted by atomic mass is 35.5. The summed E-state index contributed by atoms with van der Waals surface area (Å²) in [5, 5.41) is 2.94. The third-order valence-corrected chi connectivity index (χ3v) is 3.89. The van der Waals surface area contributed by atoms with E-state index in [2.05, 4.69) is 29.3 Å². The topological polar surface area (TPSA) is 58.4 Å². The van der Waals surface area contributed by atoms with E-state index in [1.54, 1.807) is 0 Å². The zero-order valence-electron chi connectivity index (χ0n) is 13.1. The van der Waals surface area contributed by atoms with Crippen molar-refractivity contribution in [2.24, 2.45) is 11.7 Å². The molecule has 0 atom stereocenters. The molecule has 3 N–H and O–H groups in total. The Hall–Kier alpha value is -0.970. The highest BCUT2D eigenvalue weighted by Crippen LogP contribution is 2.25. The fourth-order valence-corrected chi connectivity index (χ4v) is 2.53. The van der Waals surface area contributed by atoms with Crippen molar-refractivity contribution in [3.63, 3.8) is 0 Å². The molecule has 1 saturated heterocycles. The largest absolute Gasteiger partial charge is 0.371 e. The van der Waals surface area contributed by atoms with Gasteiger partial charge in [0.15, 0.2) is 0 Å². The first-order valence-corrected chi connectivity index (χ1v) is 7.54. The number of anilines is 2. The van der Waals surface area contributed by atoms with Crippen molar-refractivity contribution in [2.75, 3.05) is 29.9 Å². The minimum absolute atomic E-state index is 0. The molecule has 0 saturated carbocycles. The van der Waals surface area contributed by atoms with Crippen LogP contribution >= 0.6 is 24.8 Å². The van der Waals surface area contributed by atoms with Crippen LogP contribution in [0.1, 0.15) is 32.6 Å². The summed E-state index contributed by atoms with van der Waals surface area (Å²) in [4.78, 5) is 14.1. The van der Waals surface area contributed by atoms with Gasteiger partial charge in [-0.25, -0.2) is 0 Å². The van der Waals surface area contributed by atoms with Gasteiger partial charge in [0.25, 0.3) is 0 Å². The van der Waals surface area contributed by atoms with E-state index in [9.17, 15) is 4.79 Å². The van der Waals surface area contributed by atoms with E-state index in [1.807, 2.05) is 12.1 Å². The second kappa shape index (κ2) is 10.7. The first-order chi connectivity index (χ1) is 9.69. The van der Waals surface area contributed by atoms with Crippen molar-refractivity contribution in [3.8, 4) is 0 Å². The molecule has 0 spiro atoms. The van der Waals surface area contributed by atoms with Crippen LogP contribution in [0.2, 0.25) is 0 Å². The average molecular weight is 348 g/mol. The lowest BCUT2D eigenvalue weighted by atomic mass is 9.99. The maximum Gasteiger partial charge on any atom is 0.224 e. The Kier molecular flexibility index (Phi) is 10.2. The van der Waals surface area contributed by atoms with Crippen molar-refractivity contribution < 1.29 is 4.79 Å². The first-order valence-electron chi connectivity index (χ1n) is 7.54. The van der Waals surface area contributed by atoms with E-state index in [0.717, 1.165) is 31.1 Å². The van der Waals surface area contributed by atoms with Crippen LogP contribution in [-0.4, -0.2) is 25.5 Å². The van der Waals surface area contributed by atoms with Gasteiger partial charge >= 0.3 is 0 Å². The standard InChI is InChI=1S/C16H25N3O.2ClH/c1-13-7-10-19(11-8-13)15-5-2-4-14(12-15)18-16(20)6-3-9-17;;/h2,4-5,12-13H,3,6-11,17H2,1H3,(H,18,20);2*1H.